The van der Waals surface area contributed by atoms with Gasteiger partial charge in [-0.1, -0.05) is 49.5 Å². The Bertz CT molecular complexity index is 646. The van der Waals surface area contributed by atoms with E-state index in [9.17, 15) is 0 Å². The Labute approximate surface area is 140 Å². The molecule has 0 bridgehead atoms. The zero-order chi connectivity index (χ0) is 14.9. The highest BCUT2D eigenvalue weighted by atomic mass is 79.9. The Hall–Kier alpha value is -0.550. The number of hydrogen-bond acceptors (Lipinski definition) is 2. The lowest BCUT2D eigenvalue weighted by molar-refractivity contribution is 0.407. The summed E-state index contributed by atoms with van der Waals surface area (Å²) in [7, 11) is 1.65. The number of rotatable bonds is 3. The Kier molecular flexibility index (Phi) is 5.13. The molecule has 0 amide bonds. The summed E-state index contributed by atoms with van der Waals surface area (Å²) in [5.41, 5.74) is 9.38. The van der Waals surface area contributed by atoms with Gasteiger partial charge in [0.1, 0.15) is 5.75 Å². The highest BCUT2D eigenvalue weighted by Gasteiger charge is 2.18. The van der Waals surface area contributed by atoms with Crippen LogP contribution in [-0.2, 0) is 0 Å². The largest absolute Gasteiger partial charge is 0.496 e. The predicted octanol–water partition coefficient (Wildman–Crippen LogP) is 5.23. The summed E-state index contributed by atoms with van der Waals surface area (Å²) in [6.45, 7) is 2.01. The third kappa shape index (κ3) is 3.19. The summed E-state index contributed by atoms with van der Waals surface area (Å²) >= 11 is 13.0. The average Bonchev–Trinajstić information content (AvgIpc) is 2.40. The molecule has 2 aromatic carbocycles. The smallest absolute Gasteiger partial charge is 0.124 e. The fourth-order valence-corrected chi connectivity index (χ4v) is 3.30. The van der Waals surface area contributed by atoms with Crippen molar-refractivity contribution in [2.24, 2.45) is 5.73 Å². The Balaban J connectivity index is 2.52. The van der Waals surface area contributed by atoms with Crippen molar-refractivity contribution in [2.45, 2.75) is 13.0 Å². The van der Waals surface area contributed by atoms with Gasteiger partial charge in [0.2, 0.25) is 0 Å². The van der Waals surface area contributed by atoms with Gasteiger partial charge in [-0.15, -0.1) is 0 Å². The molecular formula is C15H14Br2ClNO. The number of benzene rings is 2. The molecule has 0 aromatic heterocycles. The van der Waals surface area contributed by atoms with Gasteiger partial charge in [-0.2, -0.15) is 0 Å². The monoisotopic (exact) mass is 417 g/mol. The molecule has 0 saturated heterocycles. The van der Waals surface area contributed by atoms with Crippen LogP contribution in [-0.4, -0.2) is 7.11 Å². The van der Waals surface area contributed by atoms with Gasteiger partial charge in [-0.3, -0.25) is 0 Å². The lowest BCUT2D eigenvalue weighted by atomic mass is 9.97. The highest BCUT2D eigenvalue weighted by molar-refractivity contribution is 9.10. The first-order valence-corrected chi connectivity index (χ1v) is 7.95. The minimum atomic E-state index is -0.298. The lowest BCUT2D eigenvalue weighted by Crippen LogP contribution is -2.14. The van der Waals surface area contributed by atoms with Crippen LogP contribution in [0.15, 0.2) is 39.3 Å². The van der Waals surface area contributed by atoms with Gasteiger partial charge in [-0.05, 0) is 42.3 Å². The van der Waals surface area contributed by atoms with Gasteiger partial charge in [0.15, 0.2) is 0 Å². The third-order valence-electron chi connectivity index (χ3n) is 3.14. The van der Waals surface area contributed by atoms with Crippen LogP contribution in [0.3, 0.4) is 0 Å². The minimum absolute atomic E-state index is 0.298. The van der Waals surface area contributed by atoms with Crippen molar-refractivity contribution in [1.29, 1.82) is 0 Å². The van der Waals surface area contributed by atoms with E-state index in [1.54, 1.807) is 7.11 Å². The molecule has 0 radical (unpaired) electrons. The molecule has 0 spiro atoms. The standard InChI is InChI=1S/C15H14Br2ClNO/c1-8-5-14(20-2)11(7-12(8)16)15(19)10-4-3-9(18)6-13(10)17/h3-7,15H,19H2,1-2H3. The van der Waals surface area contributed by atoms with Crippen molar-refractivity contribution in [3.63, 3.8) is 0 Å². The maximum atomic E-state index is 6.39. The summed E-state index contributed by atoms with van der Waals surface area (Å²) in [6.07, 6.45) is 0. The van der Waals surface area contributed by atoms with Crippen molar-refractivity contribution in [3.8, 4) is 5.75 Å². The molecule has 0 fully saturated rings. The van der Waals surface area contributed by atoms with Crippen LogP contribution in [0, 0.1) is 6.92 Å². The van der Waals surface area contributed by atoms with E-state index in [1.807, 2.05) is 37.3 Å². The molecule has 5 heteroatoms. The third-order valence-corrected chi connectivity index (χ3v) is 4.92. The van der Waals surface area contributed by atoms with E-state index >= 15 is 0 Å². The molecule has 2 N–H and O–H groups in total. The van der Waals surface area contributed by atoms with Crippen LogP contribution in [0.25, 0.3) is 0 Å². The topological polar surface area (TPSA) is 35.2 Å². The predicted molar refractivity (Wildman–Crippen MR) is 90.6 cm³/mol. The van der Waals surface area contributed by atoms with E-state index in [0.717, 1.165) is 31.4 Å². The van der Waals surface area contributed by atoms with Gasteiger partial charge >= 0.3 is 0 Å². The summed E-state index contributed by atoms with van der Waals surface area (Å²) < 4.78 is 7.34. The maximum Gasteiger partial charge on any atom is 0.124 e. The minimum Gasteiger partial charge on any atom is -0.496 e. The zero-order valence-corrected chi connectivity index (χ0v) is 15.0. The van der Waals surface area contributed by atoms with Crippen LogP contribution in [0.4, 0.5) is 0 Å². The molecule has 20 heavy (non-hydrogen) atoms. The molecule has 1 unspecified atom stereocenters. The van der Waals surface area contributed by atoms with Crippen LogP contribution in [0.2, 0.25) is 5.02 Å². The van der Waals surface area contributed by atoms with Crippen molar-refractivity contribution in [2.75, 3.05) is 7.11 Å². The van der Waals surface area contributed by atoms with Gasteiger partial charge in [-0.25, -0.2) is 0 Å². The second-order valence-electron chi connectivity index (χ2n) is 4.49. The molecule has 2 aromatic rings. The Morgan fingerprint density at radius 3 is 2.40 bits per heavy atom. The van der Waals surface area contributed by atoms with E-state index in [1.165, 1.54) is 0 Å². The number of nitrogens with two attached hydrogens (primary N) is 1. The van der Waals surface area contributed by atoms with Crippen molar-refractivity contribution >= 4 is 43.5 Å². The zero-order valence-electron chi connectivity index (χ0n) is 11.1. The summed E-state index contributed by atoms with van der Waals surface area (Å²) in [6, 6.07) is 9.27. The normalized spacial score (nSPS) is 12.3. The van der Waals surface area contributed by atoms with Gasteiger partial charge in [0, 0.05) is 19.5 Å². The molecule has 0 aliphatic carbocycles. The number of aryl methyl sites for hydroxylation is 1. The summed E-state index contributed by atoms with van der Waals surface area (Å²) in [4.78, 5) is 0. The van der Waals surface area contributed by atoms with Crippen molar-refractivity contribution < 1.29 is 4.74 Å². The molecule has 0 saturated carbocycles. The van der Waals surface area contributed by atoms with E-state index in [2.05, 4.69) is 31.9 Å². The summed E-state index contributed by atoms with van der Waals surface area (Å²) in [5.74, 6) is 0.778. The van der Waals surface area contributed by atoms with Crippen LogP contribution in [0.1, 0.15) is 22.7 Å². The lowest BCUT2D eigenvalue weighted by Gasteiger charge is -2.19. The molecule has 2 nitrogen and oxygen atoms in total. The van der Waals surface area contributed by atoms with Crippen LogP contribution >= 0.6 is 43.5 Å². The quantitative estimate of drug-likeness (QED) is 0.739. The average molecular weight is 420 g/mol. The van der Waals surface area contributed by atoms with E-state index in [0.29, 0.717) is 5.02 Å². The first kappa shape index (κ1) is 15.8. The van der Waals surface area contributed by atoms with Gasteiger partial charge < -0.3 is 10.5 Å². The van der Waals surface area contributed by atoms with Crippen LogP contribution in [0.5, 0.6) is 5.75 Å². The molecule has 1 atom stereocenters. The fraction of sp³-hybridized carbons (Fsp3) is 0.200. The van der Waals surface area contributed by atoms with Gasteiger partial charge in [0.25, 0.3) is 0 Å². The SMILES string of the molecule is COc1cc(C)c(Br)cc1C(N)c1ccc(Cl)cc1Br. The molecular weight excluding hydrogens is 405 g/mol. The molecule has 0 aliphatic heterocycles. The first-order valence-electron chi connectivity index (χ1n) is 5.98. The van der Waals surface area contributed by atoms with Crippen molar-refractivity contribution in [3.05, 3.63) is 61.0 Å². The fourth-order valence-electron chi connectivity index (χ4n) is 2.01. The number of halogens is 3. The highest BCUT2D eigenvalue weighted by Crippen LogP contribution is 2.36. The summed E-state index contributed by atoms with van der Waals surface area (Å²) in [5, 5.41) is 0.671. The second kappa shape index (κ2) is 6.48. The van der Waals surface area contributed by atoms with Gasteiger partial charge in [0.05, 0.1) is 13.2 Å². The maximum absolute atomic E-state index is 6.39. The van der Waals surface area contributed by atoms with Crippen molar-refractivity contribution in [1.82, 2.24) is 0 Å². The van der Waals surface area contributed by atoms with Crippen LogP contribution < -0.4 is 10.5 Å². The number of methoxy groups -OCH3 is 1. The molecule has 2 rings (SSSR count). The second-order valence-corrected chi connectivity index (χ2v) is 6.63. The Morgan fingerprint density at radius 1 is 1.10 bits per heavy atom. The van der Waals surface area contributed by atoms with E-state index in [4.69, 9.17) is 22.1 Å². The first-order chi connectivity index (χ1) is 9.43. The molecule has 106 valence electrons. The number of hydrogen-bond donors (Lipinski definition) is 1. The Morgan fingerprint density at radius 2 is 1.80 bits per heavy atom. The van der Waals surface area contributed by atoms with E-state index < -0.39 is 0 Å². The molecule has 0 heterocycles. The number of ether oxygens (including phenoxy) is 1. The van der Waals surface area contributed by atoms with E-state index in [-0.39, 0.29) is 6.04 Å². The molecule has 0 aliphatic rings.